The standard InChI is InChI=1S/C28H34N4O4S/c1-18(2)21-11-9-20(10-12-21)17-36-23-7-6-8-24(31-23)37(34,35)22-13-14-30-27(25(22)26(29)33)32-16-19(3)15-28(32,4)5/h6-14,18-19H,15-17H2,1-5H3,(H2,29,33). The lowest BCUT2D eigenvalue weighted by Crippen LogP contribution is -2.40. The lowest BCUT2D eigenvalue weighted by Gasteiger charge is -2.33. The molecule has 1 atom stereocenters. The van der Waals surface area contributed by atoms with Gasteiger partial charge in [-0.1, -0.05) is 51.1 Å². The Morgan fingerprint density at radius 1 is 1.16 bits per heavy atom. The molecule has 0 saturated carbocycles. The van der Waals surface area contributed by atoms with Gasteiger partial charge in [0.15, 0.2) is 5.03 Å². The maximum Gasteiger partial charge on any atom is 0.253 e. The number of carbonyl (C=O) groups is 1. The number of anilines is 1. The molecule has 1 unspecified atom stereocenters. The van der Waals surface area contributed by atoms with Gasteiger partial charge in [0.05, 0.1) is 4.90 Å². The normalized spacial score (nSPS) is 17.2. The average molecular weight is 523 g/mol. The van der Waals surface area contributed by atoms with Crippen LogP contribution in [0.4, 0.5) is 5.82 Å². The molecule has 1 aliphatic heterocycles. The summed E-state index contributed by atoms with van der Waals surface area (Å²) in [5.74, 6) is 0.375. The van der Waals surface area contributed by atoms with Crippen LogP contribution in [0.3, 0.4) is 0 Å². The molecule has 1 saturated heterocycles. The minimum atomic E-state index is -4.20. The summed E-state index contributed by atoms with van der Waals surface area (Å²) in [6.45, 7) is 11.3. The van der Waals surface area contributed by atoms with Crippen molar-refractivity contribution < 1.29 is 17.9 Å². The zero-order chi connectivity index (χ0) is 27.0. The topological polar surface area (TPSA) is 115 Å². The summed E-state index contributed by atoms with van der Waals surface area (Å²) >= 11 is 0. The first-order valence-electron chi connectivity index (χ1n) is 12.4. The van der Waals surface area contributed by atoms with Gasteiger partial charge in [-0.3, -0.25) is 4.79 Å². The Kier molecular flexibility index (Phi) is 7.28. The molecule has 9 heteroatoms. The summed E-state index contributed by atoms with van der Waals surface area (Å²) < 4.78 is 33.2. The van der Waals surface area contributed by atoms with Gasteiger partial charge in [-0.05, 0) is 55.4 Å². The van der Waals surface area contributed by atoms with Gasteiger partial charge in [0.1, 0.15) is 18.0 Å². The van der Waals surface area contributed by atoms with E-state index in [9.17, 15) is 13.2 Å². The Hall–Kier alpha value is -3.46. The minimum Gasteiger partial charge on any atom is -0.473 e. The van der Waals surface area contributed by atoms with Gasteiger partial charge in [0, 0.05) is 24.3 Å². The van der Waals surface area contributed by atoms with E-state index in [2.05, 4.69) is 30.7 Å². The zero-order valence-corrected chi connectivity index (χ0v) is 22.7. The summed E-state index contributed by atoms with van der Waals surface area (Å²) in [4.78, 5) is 23.0. The largest absolute Gasteiger partial charge is 0.473 e. The number of hydrogen-bond acceptors (Lipinski definition) is 7. The second-order valence-electron chi connectivity index (χ2n) is 10.6. The Morgan fingerprint density at radius 3 is 2.46 bits per heavy atom. The molecular formula is C28H34N4O4S. The predicted octanol–water partition coefficient (Wildman–Crippen LogP) is 4.74. The van der Waals surface area contributed by atoms with Crippen LogP contribution in [-0.4, -0.2) is 36.4 Å². The first-order chi connectivity index (χ1) is 17.4. The van der Waals surface area contributed by atoms with Gasteiger partial charge < -0.3 is 15.4 Å². The summed E-state index contributed by atoms with van der Waals surface area (Å²) in [7, 11) is -4.20. The second-order valence-corrected chi connectivity index (χ2v) is 12.5. The van der Waals surface area contributed by atoms with Crippen molar-refractivity contribution in [1.29, 1.82) is 0 Å². The van der Waals surface area contributed by atoms with Crippen molar-refractivity contribution in [2.45, 2.75) is 69.0 Å². The van der Waals surface area contributed by atoms with Crippen molar-refractivity contribution >= 4 is 21.6 Å². The molecule has 0 aliphatic carbocycles. The molecule has 1 amide bonds. The van der Waals surface area contributed by atoms with Crippen LogP contribution < -0.4 is 15.4 Å². The van der Waals surface area contributed by atoms with Gasteiger partial charge in [-0.2, -0.15) is 0 Å². The number of primary amides is 1. The number of nitrogens with zero attached hydrogens (tertiary/aromatic N) is 3. The Labute approximate surface area is 218 Å². The van der Waals surface area contributed by atoms with E-state index >= 15 is 0 Å². The predicted molar refractivity (Wildman–Crippen MR) is 143 cm³/mol. The third-order valence-corrected chi connectivity index (χ3v) is 8.46. The highest BCUT2D eigenvalue weighted by Gasteiger charge is 2.40. The number of pyridine rings is 2. The van der Waals surface area contributed by atoms with Crippen LogP contribution in [0.15, 0.2) is 64.6 Å². The number of hydrogen-bond donors (Lipinski definition) is 1. The molecule has 3 heterocycles. The van der Waals surface area contributed by atoms with Gasteiger partial charge in [-0.25, -0.2) is 18.4 Å². The van der Waals surface area contributed by atoms with Crippen LogP contribution in [-0.2, 0) is 16.4 Å². The van der Waals surface area contributed by atoms with E-state index in [1.807, 2.05) is 43.0 Å². The molecule has 4 rings (SSSR count). The maximum absolute atomic E-state index is 13.7. The lowest BCUT2D eigenvalue weighted by atomic mass is 9.97. The van der Waals surface area contributed by atoms with Gasteiger partial charge >= 0.3 is 0 Å². The molecule has 2 N–H and O–H groups in total. The van der Waals surface area contributed by atoms with Crippen molar-refractivity contribution in [3.63, 3.8) is 0 Å². The molecule has 1 aromatic carbocycles. The Bertz CT molecular complexity index is 1400. The van der Waals surface area contributed by atoms with Crippen molar-refractivity contribution in [3.05, 3.63) is 71.4 Å². The van der Waals surface area contributed by atoms with E-state index < -0.39 is 15.7 Å². The highest BCUT2D eigenvalue weighted by atomic mass is 32.2. The third kappa shape index (κ3) is 5.46. The second kappa shape index (κ2) is 10.1. The molecule has 196 valence electrons. The summed E-state index contributed by atoms with van der Waals surface area (Å²) in [5.41, 5.74) is 7.47. The number of sulfone groups is 1. The first kappa shape index (κ1) is 26.6. The van der Waals surface area contributed by atoms with E-state index in [1.165, 1.54) is 23.9 Å². The molecule has 1 fully saturated rings. The molecule has 2 aromatic heterocycles. The zero-order valence-electron chi connectivity index (χ0n) is 21.9. The van der Waals surface area contributed by atoms with Gasteiger partial charge in [-0.15, -0.1) is 0 Å². The number of ether oxygens (including phenoxy) is 1. The van der Waals surface area contributed by atoms with Crippen LogP contribution in [0.25, 0.3) is 0 Å². The molecule has 1 aliphatic rings. The van der Waals surface area contributed by atoms with E-state index in [-0.39, 0.29) is 39.3 Å². The third-order valence-electron chi connectivity index (χ3n) is 6.76. The Balaban J connectivity index is 1.66. The van der Waals surface area contributed by atoms with Crippen molar-refractivity contribution in [3.8, 4) is 5.88 Å². The minimum absolute atomic E-state index is 0.122. The summed E-state index contributed by atoms with van der Waals surface area (Å²) in [5, 5.41) is -0.228. The lowest BCUT2D eigenvalue weighted by molar-refractivity contribution is 0.0997. The summed E-state index contributed by atoms with van der Waals surface area (Å²) in [6, 6.07) is 13.9. The molecular weight excluding hydrogens is 488 g/mol. The molecule has 37 heavy (non-hydrogen) atoms. The fourth-order valence-electron chi connectivity index (χ4n) is 4.95. The fourth-order valence-corrected chi connectivity index (χ4v) is 6.34. The van der Waals surface area contributed by atoms with E-state index in [0.717, 1.165) is 12.0 Å². The first-order valence-corrected chi connectivity index (χ1v) is 13.9. The maximum atomic E-state index is 13.7. The molecule has 8 nitrogen and oxygen atoms in total. The van der Waals surface area contributed by atoms with Gasteiger partial charge in [0.25, 0.3) is 5.91 Å². The van der Waals surface area contributed by atoms with Crippen molar-refractivity contribution in [1.82, 2.24) is 9.97 Å². The van der Waals surface area contributed by atoms with E-state index in [0.29, 0.717) is 18.4 Å². The number of carbonyl (C=O) groups excluding carboxylic acids is 1. The fraction of sp³-hybridized carbons (Fsp3) is 0.393. The number of nitrogens with two attached hydrogens (primary N) is 1. The van der Waals surface area contributed by atoms with Crippen LogP contribution in [0, 0.1) is 5.92 Å². The van der Waals surface area contributed by atoms with E-state index in [1.54, 1.807) is 12.1 Å². The molecule has 0 radical (unpaired) electrons. The van der Waals surface area contributed by atoms with Crippen molar-refractivity contribution in [2.24, 2.45) is 11.7 Å². The monoisotopic (exact) mass is 522 g/mol. The van der Waals surface area contributed by atoms with Crippen molar-refractivity contribution in [2.75, 3.05) is 11.4 Å². The number of aromatic nitrogens is 2. The highest BCUT2D eigenvalue weighted by molar-refractivity contribution is 7.91. The SMILES string of the molecule is CC1CN(c2nccc(S(=O)(=O)c3cccc(OCc4ccc(C(C)C)cc4)n3)c2C(N)=O)C(C)(C)C1. The highest BCUT2D eigenvalue weighted by Crippen LogP contribution is 2.39. The Morgan fingerprint density at radius 2 is 1.86 bits per heavy atom. The molecule has 3 aromatic rings. The molecule has 0 spiro atoms. The average Bonchev–Trinajstić information content (AvgIpc) is 3.14. The van der Waals surface area contributed by atoms with Gasteiger partial charge in [0.2, 0.25) is 15.7 Å². The van der Waals surface area contributed by atoms with E-state index in [4.69, 9.17) is 10.5 Å². The molecule has 0 bridgehead atoms. The van der Waals surface area contributed by atoms with Crippen LogP contribution in [0.2, 0.25) is 0 Å². The summed E-state index contributed by atoms with van der Waals surface area (Å²) in [6.07, 6.45) is 2.28. The van der Waals surface area contributed by atoms with Crippen LogP contribution in [0.1, 0.15) is 68.4 Å². The van der Waals surface area contributed by atoms with Crippen LogP contribution >= 0.6 is 0 Å². The quantitative estimate of drug-likeness (QED) is 0.454. The number of benzene rings is 1. The number of rotatable bonds is 8. The van der Waals surface area contributed by atoms with Crippen LogP contribution in [0.5, 0.6) is 5.88 Å². The number of amides is 1. The smallest absolute Gasteiger partial charge is 0.253 e.